The quantitative estimate of drug-likeness (QED) is 0.436. The van der Waals surface area contributed by atoms with Gasteiger partial charge in [0.25, 0.3) is 0 Å². The molecule has 0 saturated carbocycles. The van der Waals surface area contributed by atoms with Crippen LogP contribution in [-0.4, -0.2) is 44.8 Å². The third-order valence-corrected chi connectivity index (χ3v) is 1.86. The predicted octanol–water partition coefficient (Wildman–Crippen LogP) is -1.06. The molecule has 0 aliphatic carbocycles. The van der Waals surface area contributed by atoms with Crippen LogP contribution < -0.4 is 10.6 Å². The lowest BCUT2D eigenvalue weighted by molar-refractivity contribution is -0.384. The summed E-state index contributed by atoms with van der Waals surface area (Å²) >= 11 is 0. The predicted molar refractivity (Wildman–Crippen MR) is 59.0 cm³/mol. The fourth-order valence-corrected chi connectivity index (χ4v) is 1.14. The number of carboxylic acids is 1. The molecule has 0 aromatic carbocycles. The van der Waals surface area contributed by atoms with Gasteiger partial charge in [-0.05, 0) is 0 Å². The van der Waals surface area contributed by atoms with E-state index in [0.29, 0.717) is 0 Å². The highest BCUT2D eigenvalue weighted by atomic mass is 16.6. The molecule has 0 bridgehead atoms. The molecule has 98 valence electrons. The lowest BCUT2D eigenvalue weighted by Crippen LogP contribution is -2.34. The van der Waals surface area contributed by atoms with Crippen molar-refractivity contribution in [3.63, 3.8) is 0 Å². The Bertz CT molecular complexity index is 482. The average molecular weight is 257 g/mol. The van der Waals surface area contributed by atoms with E-state index < -0.39 is 23.3 Å². The standard InChI is InChI=1S/C8H11N5O5/c1-12-4-5(13(17)18)8(11-12)10-2-6(14)9-3-7(15)16/h4H,2-3H2,1H3,(H,9,14)(H,10,11)(H,15,16). The van der Waals surface area contributed by atoms with Crippen LogP contribution in [-0.2, 0) is 16.6 Å². The number of aliphatic carboxylic acids is 1. The van der Waals surface area contributed by atoms with Gasteiger partial charge in [-0.1, -0.05) is 0 Å². The molecule has 10 heteroatoms. The van der Waals surface area contributed by atoms with E-state index in [-0.39, 0.29) is 18.1 Å². The molecule has 1 aromatic rings. The minimum absolute atomic E-state index is 0.0482. The van der Waals surface area contributed by atoms with E-state index in [1.165, 1.54) is 17.9 Å². The first-order chi connectivity index (χ1) is 8.40. The zero-order chi connectivity index (χ0) is 13.7. The monoisotopic (exact) mass is 257 g/mol. The molecule has 0 aliphatic rings. The maximum atomic E-state index is 11.2. The van der Waals surface area contributed by atoms with Crippen LogP contribution in [0.4, 0.5) is 11.5 Å². The van der Waals surface area contributed by atoms with Crippen molar-refractivity contribution in [1.29, 1.82) is 0 Å². The summed E-state index contributed by atoms with van der Waals surface area (Å²) in [5.74, 6) is -1.82. The van der Waals surface area contributed by atoms with E-state index >= 15 is 0 Å². The maximum Gasteiger partial charge on any atom is 0.330 e. The van der Waals surface area contributed by atoms with Crippen LogP contribution in [0.3, 0.4) is 0 Å². The zero-order valence-electron chi connectivity index (χ0n) is 9.41. The van der Waals surface area contributed by atoms with E-state index in [1.54, 1.807) is 0 Å². The van der Waals surface area contributed by atoms with Gasteiger partial charge in [-0.3, -0.25) is 24.4 Å². The minimum atomic E-state index is -1.17. The van der Waals surface area contributed by atoms with E-state index in [4.69, 9.17) is 5.11 Å². The molecule has 0 spiro atoms. The Hall–Kier alpha value is -2.65. The molecule has 0 radical (unpaired) electrons. The van der Waals surface area contributed by atoms with Crippen LogP contribution in [0.5, 0.6) is 0 Å². The lowest BCUT2D eigenvalue weighted by Gasteiger charge is -2.03. The van der Waals surface area contributed by atoms with Crippen LogP contribution in [0.1, 0.15) is 0 Å². The normalized spacial score (nSPS) is 9.83. The molecule has 1 aromatic heterocycles. The average Bonchev–Trinajstić information content (AvgIpc) is 2.65. The summed E-state index contributed by atoms with van der Waals surface area (Å²) in [7, 11) is 1.50. The first kappa shape index (κ1) is 13.4. The minimum Gasteiger partial charge on any atom is -0.480 e. The van der Waals surface area contributed by atoms with Gasteiger partial charge in [-0.25, -0.2) is 0 Å². The van der Waals surface area contributed by atoms with Gasteiger partial charge < -0.3 is 15.7 Å². The Morgan fingerprint density at radius 1 is 1.56 bits per heavy atom. The molecule has 0 fully saturated rings. The van der Waals surface area contributed by atoms with Gasteiger partial charge in [0.05, 0.1) is 11.5 Å². The molecule has 18 heavy (non-hydrogen) atoms. The Kier molecular flexibility index (Phi) is 4.18. The molecular weight excluding hydrogens is 246 g/mol. The number of hydrogen-bond donors (Lipinski definition) is 3. The first-order valence-electron chi connectivity index (χ1n) is 4.80. The van der Waals surface area contributed by atoms with Gasteiger partial charge in [-0.15, -0.1) is 5.10 Å². The summed E-state index contributed by atoms with van der Waals surface area (Å²) in [6, 6.07) is 0. The molecule has 0 saturated heterocycles. The van der Waals surface area contributed by atoms with Crippen molar-refractivity contribution in [3.05, 3.63) is 16.3 Å². The summed E-state index contributed by atoms with van der Waals surface area (Å²) in [4.78, 5) is 31.3. The van der Waals surface area contributed by atoms with Crippen molar-refractivity contribution >= 4 is 23.4 Å². The van der Waals surface area contributed by atoms with E-state index in [9.17, 15) is 19.7 Å². The van der Waals surface area contributed by atoms with Crippen molar-refractivity contribution in [1.82, 2.24) is 15.1 Å². The number of nitrogens with one attached hydrogen (secondary N) is 2. The molecule has 0 aliphatic heterocycles. The molecule has 1 heterocycles. The van der Waals surface area contributed by atoms with Crippen LogP contribution in [0.15, 0.2) is 6.20 Å². The van der Waals surface area contributed by atoms with Gasteiger partial charge in [0, 0.05) is 7.05 Å². The number of hydrogen-bond acceptors (Lipinski definition) is 6. The number of carboxylic acid groups (broad SMARTS) is 1. The number of nitro groups is 1. The van der Waals surface area contributed by atoms with Crippen molar-refractivity contribution in [3.8, 4) is 0 Å². The first-order valence-corrected chi connectivity index (χ1v) is 4.80. The van der Waals surface area contributed by atoms with E-state index in [0.717, 1.165) is 0 Å². The molecule has 3 N–H and O–H groups in total. The molecule has 10 nitrogen and oxygen atoms in total. The number of aromatic nitrogens is 2. The number of carbonyl (C=O) groups is 2. The fraction of sp³-hybridized carbons (Fsp3) is 0.375. The zero-order valence-corrected chi connectivity index (χ0v) is 9.41. The third kappa shape index (κ3) is 3.73. The highest BCUT2D eigenvalue weighted by molar-refractivity contribution is 5.84. The molecule has 1 amide bonds. The third-order valence-electron chi connectivity index (χ3n) is 1.86. The van der Waals surface area contributed by atoms with Crippen LogP contribution in [0.2, 0.25) is 0 Å². The number of amides is 1. The lowest BCUT2D eigenvalue weighted by atomic mass is 10.5. The van der Waals surface area contributed by atoms with Crippen LogP contribution in [0.25, 0.3) is 0 Å². The Morgan fingerprint density at radius 2 is 2.22 bits per heavy atom. The maximum absolute atomic E-state index is 11.2. The second kappa shape index (κ2) is 5.61. The van der Waals surface area contributed by atoms with Gasteiger partial charge >= 0.3 is 11.7 Å². The molecule has 0 atom stereocenters. The molecular formula is C8H11N5O5. The van der Waals surface area contributed by atoms with Crippen molar-refractivity contribution in [2.24, 2.45) is 7.05 Å². The molecule has 1 rings (SSSR count). The fourth-order valence-electron chi connectivity index (χ4n) is 1.14. The van der Waals surface area contributed by atoms with Gasteiger partial charge in [0.1, 0.15) is 12.7 Å². The Labute approximate surface area is 101 Å². The highest BCUT2D eigenvalue weighted by Gasteiger charge is 2.18. The summed E-state index contributed by atoms with van der Waals surface area (Å²) in [5.41, 5.74) is -0.261. The number of rotatable bonds is 6. The summed E-state index contributed by atoms with van der Waals surface area (Å²) < 4.78 is 1.23. The van der Waals surface area contributed by atoms with Crippen molar-refractivity contribution in [2.75, 3.05) is 18.4 Å². The SMILES string of the molecule is Cn1cc([N+](=O)[O-])c(NCC(=O)NCC(=O)O)n1. The number of carbonyl (C=O) groups excluding carboxylic acids is 1. The van der Waals surface area contributed by atoms with Gasteiger partial charge in [0.2, 0.25) is 11.7 Å². The van der Waals surface area contributed by atoms with Crippen molar-refractivity contribution in [2.45, 2.75) is 0 Å². The second-order valence-corrected chi connectivity index (χ2v) is 3.32. The van der Waals surface area contributed by atoms with Gasteiger partial charge in [-0.2, -0.15) is 0 Å². The summed E-state index contributed by atoms with van der Waals surface area (Å²) in [6.07, 6.45) is 1.19. The largest absolute Gasteiger partial charge is 0.480 e. The van der Waals surface area contributed by atoms with Crippen LogP contribution in [0, 0.1) is 10.1 Å². The van der Waals surface area contributed by atoms with Crippen molar-refractivity contribution < 1.29 is 19.6 Å². The Balaban J connectivity index is 2.55. The van der Waals surface area contributed by atoms with E-state index in [1.807, 2.05) is 0 Å². The van der Waals surface area contributed by atoms with Crippen LogP contribution >= 0.6 is 0 Å². The highest BCUT2D eigenvalue weighted by Crippen LogP contribution is 2.20. The van der Waals surface area contributed by atoms with Gasteiger partial charge in [0.15, 0.2) is 0 Å². The Morgan fingerprint density at radius 3 is 2.78 bits per heavy atom. The number of anilines is 1. The van der Waals surface area contributed by atoms with E-state index in [2.05, 4.69) is 15.7 Å². The number of aryl methyl sites for hydroxylation is 1. The topological polar surface area (TPSA) is 139 Å². The number of nitrogens with zero attached hydrogens (tertiary/aromatic N) is 3. The summed E-state index contributed by atoms with van der Waals surface area (Å²) in [6.45, 7) is -0.810. The molecule has 0 unspecified atom stereocenters. The smallest absolute Gasteiger partial charge is 0.330 e. The summed E-state index contributed by atoms with van der Waals surface area (Å²) in [5, 5.41) is 27.3. The second-order valence-electron chi connectivity index (χ2n) is 3.32.